The second-order valence-corrected chi connectivity index (χ2v) is 7.34. The highest BCUT2D eigenvalue weighted by molar-refractivity contribution is 6.42. The second kappa shape index (κ2) is 9.73. The second-order valence-electron chi connectivity index (χ2n) is 6.52. The van der Waals surface area contributed by atoms with Crippen LogP contribution in [0.25, 0.3) is 11.3 Å². The smallest absolute Gasteiger partial charge is 0.243 e. The first kappa shape index (κ1) is 21.8. The van der Waals surface area contributed by atoms with Crippen molar-refractivity contribution in [2.45, 2.75) is 12.8 Å². The molecular weight excluding hydrogens is 432 g/mol. The summed E-state index contributed by atoms with van der Waals surface area (Å²) in [5.41, 5.74) is 0.786. The maximum atomic E-state index is 13.8. The van der Waals surface area contributed by atoms with Gasteiger partial charge in [0.25, 0.3) is 0 Å². The van der Waals surface area contributed by atoms with E-state index in [9.17, 15) is 14.0 Å². The fraction of sp³-hybridized carbons (Fsp3) is 0.190. The molecule has 3 aromatic rings. The number of halogens is 3. The van der Waals surface area contributed by atoms with Crippen molar-refractivity contribution in [3.63, 3.8) is 0 Å². The number of carbonyl (C=O) groups is 2. The number of nitrogens with one attached hydrogen (secondary N) is 1. The molecule has 0 aliphatic carbocycles. The molecule has 30 heavy (non-hydrogen) atoms. The van der Waals surface area contributed by atoms with Gasteiger partial charge in [0.1, 0.15) is 5.82 Å². The van der Waals surface area contributed by atoms with Crippen molar-refractivity contribution in [3.8, 4) is 11.3 Å². The molecular formula is C21H18Cl2FN3O3. The lowest BCUT2D eigenvalue weighted by molar-refractivity contribution is -0.133. The minimum atomic E-state index is -0.413. The summed E-state index contributed by atoms with van der Waals surface area (Å²) in [7, 11) is 1.52. The van der Waals surface area contributed by atoms with Gasteiger partial charge < -0.3 is 14.6 Å². The topological polar surface area (TPSA) is 75.4 Å². The number of rotatable bonds is 7. The fourth-order valence-corrected chi connectivity index (χ4v) is 2.99. The third-order valence-electron chi connectivity index (χ3n) is 4.26. The minimum absolute atomic E-state index is 0.0910. The zero-order valence-corrected chi connectivity index (χ0v) is 17.5. The Morgan fingerprint density at radius 2 is 1.93 bits per heavy atom. The molecule has 9 heteroatoms. The van der Waals surface area contributed by atoms with E-state index < -0.39 is 5.82 Å². The molecule has 1 heterocycles. The van der Waals surface area contributed by atoms with Crippen LogP contribution in [0.4, 0.5) is 10.1 Å². The van der Waals surface area contributed by atoms with Crippen LogP contribution in [-0.2, 0) is 16.0 Å². The van der Waals surface area contributed by atoms with Gasteiger partial charge in [-0.25, -0.2) is 9.37 Å². The summed E-state index contributed by atoms with van der Waals surface area (Å²) in [6.07, 6.45) is 1.74. The molecule has 156 valence electrons. The van der Waals surface area contributed by atoms with E-state index in [1.165, 1.54) is 30.3 Å². The highest BCUT2D eigenvalue weighted by Crippen LogP contribution is 2.25. The number of carbonyl (C=O) groups excluding carboxylic acids is 2. The van der Waals surface area contributed by atoms with Gasteiger partial charge in [-0.05, 0) is 30.3 Å². The van der Waals surface area contributed by atoms with Gasteiger partial charge in [-0.3, -0.25) is 9.59 Å². The fourth-order valence-electron chi connectivity index (χ4n) is 2.69. The van der Waals surface area contributed by atoms with Crippen LogP contribution in [0.5, 0.6) is 0 Å². The molecule has 2 amide bonds. The normalized spacial score (nSPS) is 10.7. The standard InChI is InChI=1S/C21H18Cl2FN3O3/c1-27(12-19(28)26-13-6-7-15(22)16(23)10-13)21(29)9-8-20-25-11-18(30-20)14-4-2-3-5-17(14)24/h2-7,10-11H,8-9,12H2,1H3,(H,26,28). The van der Waals surface area contributed by atoms with E-state index in [0.29, 0.717) is 32.9 Å². The predicted octanol–water partition coefficient (Wildman–Crippen LogP) is 4.82. The number of likely N-dealkylation sites (N-methyl/N-ethyl adjacent to an activating group) is 1. The number of hydrogen-bond donors (Lipinski definition) is 1. The van der Waals surface area contributed by atoms with Gasteiger partial charge in [-0.1, -0.05) is 35.3 Å². The summed E-state index contributed by atoms with van der Waals surface area (Å²) in [6, 6.07) is 10.9. The average molecular weight is 450 g/mol. The molecule has 2 aromatic carbocycles. The largest absolute Gasteiger partial charge is 0.441 e. The molecule has 0 aliphatic rings. The maximum absolute atomic E-state index is 13.8. The monoisotopic (exact) mass is 449 g/mol. The number of benzene rings is 2. The van der Waals surface area contributed by atoms with Gasteiger partial charge in [0.05, 0.1) is 28.4 Å². The Morgan fingerprint density at radius 1 is 1.17 bits per heavy atom. The molecule has 0 fully saturated rings. The molecule has 1 aromatic heterocycles. The zero-order valence-electron chi connectivity index (χ0n) is 16.0. The molecule has 0 spiro atoms. The van der Waals surface area contributed by atoms with Gasteiger partial charge in [0.2, 0.25) is 11.8 Å². The SMILES string of the molecule is CN(CC(=O)Nc1ccc(Cl)c(Cl)c1)C(=O)CCc1ncc(-c2ccccc2F)o1. The van der Waals surface area contributed by atoms with Crippen LogP contribution < -0.4 is 5.32 Å². The average Bonchev–Trinajstić information content (AvgIpc) is 3.18. The third kappa shape index (κ3) is 5.58. The molecule has 0 unspecified atom stereocenters. The summed E-state index contributed by atoms with van der Waals surface area (Å²) >= 11 is 11.8. The number of nitrogens with zero attached hydrogens (tertiary/aromatic N) is 2. The van der Waals surface area contributed by atoms with E-state index in [2.05, 4.69) is 10.3 Å². The van der Waals surface area contributed by atoms with Crippen LogP contribution in [0.3, 0.4) is 0 Å². The number of amides is 2. The van der Waals surface area contributed by atoms with Crippen LogP contribution in [0.2, 0.25) is 10.0 Å². The van der Waals surface area contributed by atoms with E-state index >= 15 is 0 Å². The van der Waals surface area contributed by atoms with E-state index in [1.807, 2.05) is 0 Å². The molecule has 1 N–H and O–H groups in total. The molecule has 3 rings (SSSR count). The van der Waals surface area contributed by atoms with Crippen molar-refractivity contribution in [1.82, 2.24) is 9.88 Å². The van der Waals surface area contributed by atoms with E-state index in [1.54, 1.807) is 30.3 Å². The Hall–Kier alpha value is -2.90. The van der Waals surface area contributed by atoms with Crippen molar-refractivity contribution in [1.29, 1.82) is 0 Å². The van der Waals surface area contributed by atoms with Crippen molar-refractivity contribution >= 4 is 40.7 Å². The third-order valence-corrected chi connectivity index (χ3v) is 4.99. The van der Waals surface area contributed by atoms with Crippen LogP contribution in [0, 0.1) is 5.82 Å². The van der Waals surface area contributed by atoms with Gasteiger partial charge >= 0.3 is 0 Å². The van der Waals surface area contributed by atoms with Crippen LogP contribution in [-0.4, -0.2) is 35.3 Å². The number of oxazole rings is 1. The lowest BCUT2D eigenvalue weighted by Crippen LogP contribution is -2.35. The number of hydrogen-bond acceptors (Lipinski definition) is 4. The quantitative estimate of drug-likeness (QED) is 0.560. The van der Waals surface area contributed by atoms with Gasteiger partial charge in [0.15, 0.2) is 11.7 Å². The lowest BCUT2D eigenvalue weighted by Gasteiger charge is -2.16. The molecule has 0 saturated heterocycles. The van der Waals surface area contributed by atoms with Crippen molar-refractivity contribution in [3.05, 3.63) is 70.4 Å². The Balaban J connectivity index is 1.50. The lowest BCUT2D eigenvalue weighted by atomic mass is 10.2. The van der Waals surface area contributed by atoms with Crippen LogP contribution in [0.1, 0.15) is 12.3 Å². The first-order valence-corrected chi connectivity index (χ1v) is 9.77. The van der Waals surface area contributed by atoms with Crippen molar-refractivity contribution in [2.75, 3.05) is 18.9 Å². The Morgan fingerprint density at radius 3 is 2.67 bits per heavy atom. The van der Waals surface area contributed by atoms with Gasteiger partial charge in [0, 0.05) is 25.6 Å². The summed E-state index contributed by atoms with van der Waals surface area (Å²) in [4.78, 5) is 29.8. The minimum Gasteiger partial charge on any atom is -0.441 e. The molecule has 0 radical (unpaired) electrons. The van der Waals surface area contributed by atoms with Gasteiger partial charge in [-0.2, -0.15) is 0 Å². The summed E-state index contributed by atoms with van der Waals surface area (Å²) in [5.74, 6) is -0.434. The molecule has 0 atom stereocenters. The molecule has 0 aliphatic heterocycles. The summed E-state index contributed by atoms with van der Waals surface area (Å²) in [6.45, 7) is -0.134. The highest BCUT2D eigenvalue weighted by atomic mass is 35.5. The Labute approximate surface area is 182 Å². The van der Waals surface area contributed by atoms with Crippen molar-refractivity contribution < 1.29 is 18.4 Å². The first-order valence-electron chi connectivity index (χ1n) is 9.02. The Bertz CT molecular complexity index is 1070. The van der Waals surface area contributed by atoms with Crippen LogP contribution in [0.15, 0.2) is 53.1 Å². The van der Waals surface area contributed by atoms with Gasteiger partial charge in [-0.15, -0.1) is 0 Å². The van der Waals surface area contributed by atoms with E-state index in [-0.39, 0.29) is 31.2 Å². The van der Waals surface area contributed by atoms with Crippen molar-refractivity contribution in [2.24, 2.45) is 0 Å². The van der Waals surface area contributed by atoms with Crippen LogP contribution >= 0.6 is 23.2 Å². The predicted molar refractivity (Wildman–Crippen MR) is 113 cm³/mol. The first-order chi connectivity index (χ1) is 14.3. The summed E-state index contributed by atoms with van der Waals surface area (Å²) in [5, 5.41) is 3.35. The van der Waals surface area contributed by atoms with E-state index in [4.69, 9.17) is 27.6 Å². The number of aromatic nitrogens is 1. The number of anilines is 1. The highest BCUT2D eigenvalue weighted by Gasteiger charge is 2.16. The maximum Gasteiger partial charge on any atom is 0.243 e. The van der Waals surface area contributed by atoms with E-state index in [0.717, 1.165) is 0 Å². The molecule has 0 bridgehead atoms. The number of aryl methyl sites for hydroxylation is 1. The molecule has 6 nitrogen and oxygen atoms in total. The zero-order chi connectivity index (χ0) is 21.7. The Kier molecular flexibility index (Phi) is 7.07. The molecule has 0 saturated carbocycles. The summed E-state index contributed by atoms with van der Waals surface area (Å²) < 4.78 is 19.4.